The van der Waals surface area contributed by atoms with Crippen molar-refractivity contribution < 1.29 is 13.7 Å². The van der Waals surface area contributed by atoms with E-state index in [9.17, 15) is 4.21 Å². The summed E-state index contributed by atoms with van der Waals surface area (Å²) in [5, 5.41) is 0. The third-order valence-corrected chi connectivity index (χ3v) is 5.46. The first-order chi connectivity index (χ1) is 10.9. The van der Waals surface area contributed by atoms with Gasteiger partial charge < -0.3 is 9.47 Å². The molecule has 1 aromatic rings. The van der Waals surface area contributed by atoms with Gasteiger partial charge in [0.25, 0.3) is 0 Å². The molecule has 0 amide bonds. The Balaban J connectivity index is 1.94. The Bertz CT molecular complexity index is 481. The number of nitrogens with one attached hydrogen (secondary N) is 1. The molecule has 23 heavy (non-hydrogen) atoms. The highest BCUT2D eigenvalue weighted by Gasteiger charge is 2.24. The second kappa shape index (κ2) is 8.92. The minimum atomic E-state index is -1.08. The number of ether oxygens (including phenoxy) is 2. The number of rotatable bonds is 7. The van der Waals surface area contributed by atoms with Crippen molar-refractivity contribution in [1.82, 2.24) is 4.72 Å². The van der Waals surface area contributed by atoms with Crippen molar-refractivity contribution in [3.8, 4) is 0 Å². The molecule has 0 aromatic heterocycles. The molecule has 0 radical (unpaired) electrons. The van der Waals surface area contributed by atoms with Crippen molar-refractivity contribution >= 4 is 11.0 Å². The summed E-state index contributed by atoms with van der Waals surface area (Å²) in [5.41, 5.74) is 1.25. The van der Waals surface area contributed by atoms with E-state index in [1.165, 1.54) is 5.56 Å². The van der Waals surface area contributed by atoms with Gasteiger partial charge in [0.15, 0.2) is 6.29 Å². The zero-order valence-corrected chi connectivity index (χ0v) is 15.2. The van der Waals surface area contributed by atoms with Gasteiger partial charge in [0.2, 0.25) is 0 Å². The van der Waals surface area contributed by atoms with Gasteiger partial charge in [-0.3, -0.25) is 0 Å². The summed E-state index contributed by atoms with van der Waals surface area (Å²) in [7, 11) is -1.08. The first kappa shape index (κ1) is 18.6. The average Bonchev–Trinajstić information content (AvgIpc) is 2.53. The van der Waals surface area contributed by atoms with Crippen LogP contribution < -0.4 is 4.72 Å². The number of benzene rings is 1. The minimum absolute atomic E-state index is 0.119. The van der Waals surface area contributed by atoms with Crippen LogP contribution >= 0.6 is 0 Å². The standard InChI is InChI=1S/C18H29NO3S/c1-18(2,3)23(20)19-16(14-15-8-5-4-6-9-15)10-11-17-21-12-7-13-22-17/h4-6,8-9,16-17,19H,7,10-14H2,1-3H3/t16-,23?/m1/s1. The zero-order chi connectivity index (χ0) is 16.7. The first-order valence-electron chi connectivity index (χ1n) is 8.40. The van der Waals surface area contributed by atoms with Gasteiger partial charge in [0.1, 0.15) is 0 Å². The van der Waals surface area contributed by atoms with Crippen LogP contribution in [0, 0.1) is 0 Å². The molecule has 2 atom stereocenters. The molecule has 1 unspecified atom stereocenters. The summed E-state index contributed by atoms with van der Waals surface area (Å²) in [5.74, 6) is 0. The highest BCUT2D eigenvalue weighted by atomic mass is 32.2. The van der Waals surface area contributed by atoms with Gasteiger partial charge in [-0.1, -0.05) is 30.3 Å². The Morgan fingerprint density at radius 1 is 1.22 bits per heavy atom. The second-order valence-corrected chi connectivity index (χ2v) is 8.99. The Kier molecular flexibility index (Phi) is 7.21. The van der Waals surface area contributed by atoms with E-state index in [4.69, 9.17) is 9.47 Å². The SMILES string of the molecule is CC(C)(C)S(=O)N[C@H](CCC1OCCCO1)Cc1ccccc1. The molecular weight excluding hydrogens is 310 g/mol. The summed E-state index contributed by atoms with van der Waals surface area (Å²) in [6.07, 6.45) is 3.41. The summed E-state index contributed by atoms with van der Waals surface area (Å²) in [6, 6.07) is 10.5. The maximum Gasteiger partial charge on any atom is 0.157 e. The first-order valence-corrected chi connectivity index (χ1v) is 9.55. The van der Waals surface area contributed by atoms with Crippen LogP contribution in [0.1, 0.15) is 45.6 Å². The van der Waals surface area contributed by atoms with Crippen LogP contribution in [0.4, 0.5) is 0 Å². The van der Waals surface area contributed by atoms with Crippen molar-refractivity contribution in [2.45, 2.75) is 63.5 Å². The highest BCUT2D eigenvalue weighted by molar-refractivity contribution is 7.84. The molecule has 0 spiro atoms. The van der Waals surface area contributed by atoms with E-state index in [0.29, 0.717) is 0 Å². The van der Waals surface area contributed by atoms with Crippen LogP contribution in [0.5, 0.6) is 0 Å². The number of hydrogen-bond donors (Lipinski definition) is 1. The van der Waals surface area contributed by atoms with E-state index in [0.717, 1.165) is 38.9 Å². The zero-order valence-electron chi connectivity index (χ0n) is 14.4. The molecular formula is C18H29NO3S. The van der Waals surface area contributed by atoms with E-state index >= 15 is 0 Å². The van der Waals surface area contributed by atoms with Crippen molar-refractivity contribution in [1.29, 1.82) is 0 Å². The molecule has 0 saturated carbocycles. The smallest absolute Gasteiger partial charge is 0.157 e. The summed E-state index contributed by atoms with van der Waals surface area (Å²) >= 11 is 0. The molecule has 1 aliphatic rings. The largest absolute Gasteiger partial charge is 0.353 e. The lowest BCUT2D eigenvalue weighted by Crippen LogP contribution is -2.41. The molecule has 0 bridgehead atoms. The maximum absolute atomic E-state index is 12.5. The lowest BCUT2D eigenvalue weighted by atomic mass is 10.0. The fourth-order valence-electron chi connectivity index (χ4n) is 2.47. The molecule has 1 heterocycles. The Morgan fingerprint density at radius 2 is 1.87 bits per heavy atom. The van der Waals surface area contributed by atoms with Crippen molar-refractivity contribution in [3.05, 3.63) is 35.9 Å². The topological polar surface area (TPSA) is 47.6 Å². The van der Waals surface area contributed by atoms with Crippen LogP contribution in [0.25, 0.3) is 0 Å². The molecule has 0 aliphatic carbocycles. The van der Waals surface area contributed by atoms with Gasteiger partial charge >= 0.3 is 0 Å². The molecule has 5 heteroatoms. The molecule has 1 saturated heterocycles. The van der Waals surface area contributed by atoms with Gasteiger partial charge in [-0.25, -0.2) is 8.93 Å². The van der Waals surface area contributed by atoms with E-state index in [1.807, 2.05) is 39.0 Å². The lowest BCUT2D eigenvalue weighted by Gasteiger charge is -2.27. The third kappa shape index (κ3) is 6.71. The summed E-state index contributed by atoms with van der Waals surface area (Å²) in [4.78, 5) is 0. The summed E-state index contributed by atoms with van der Waals surface area (Å²) in [6.45, 7) is 7.51. The van der Waals surface area contributed by atoms with Crippen LogP contribution in [-0.2, 0) is 26.9 Å². The molecule has 130 valence electrons. The maximum atomic E-state index is 12.5. The van der Waals surface area contributed by atoms with E-state index in [1.54, 1.807) is 0 Å². The molecule has 1 fully saturated rings. The van der Waals surface area contributed by atoms with E-state index < -0.39 is 11.0 Å². The lowest BCUT2D eigenvalue weighted by molar-refractivity contribution is -0.182. The Hall–Kier alpha value is -0.750. The Morgan fingerprint density at radius 3 is 2.48 bits per heavy atom. The van der Waals surface area contributed by atoms with Crippen molar-refractivity contribution in [3.63, 3.8) is 0 Å². The number of hydrogen-bond acceptors (Lipinski definition) is 3. The fraction of sp³-hybridized carbons (Fsp3) is 0.667. The third-order valence-electron chi connectivity index (χ3n) is 3.80. The molecule has 4 nitrogen and oxygen atoms in total. The molecule has 1 N–H and O–H groups in total. The van der Waals surface area contributed by atoms with Crippen molar-refractivity contribution in [2.75, 3.05) is 13.2 Å². The van der Waals surface area contributed by atoms with Gasteiger partial charge in [0, 0.05) is 6.04 Å². The minimum Gasteiger partial charge on any atom is -0.353 e. The Labute approximate surface area is 142 Å². The van der Waals surface area contributed by atoms with Crippen LogP contribution in [-0.4, -0.2) is 34.5 Å². The van der Waals surface area contributed by atoms with Crippen LogP contribution in [0.3, 0.4) is 0 Å². The molecule has 1 aromatic carbocycles. The highest BCUT2D eigenvalue weighted by Crippen LogP contribution is 2.17. The second-order valence-electron chi connectivity index (χ2n) is 6.99. The predicted molar refractivity (Wildman–Crippen MR) is 94.5 cm³/mol. The normalized spacial score (nSPS) is 19.4. The van der Waals surface area contributed by atoms with E-state index in [2.05, 4.69) is 16.9 Å². The fourth-order valence-corrected chi connectivity index (χ4v) is 3.33. The molecule has 2 rings (SSSR count). The van der Waals surface area contributed by atoms with Crippen molar-refractivity contribution in [2.24, 2.45) is 0 Å². The quantitative estimate of drug-likeness (QED) is 0.830. The summed E-state index contributed by atoms with van der Waals surface area (Å²) < 4.78 is 26.7. The average molecular weight is 340 g/mol. The van der Waals surface area contributed by atoms with Gasteiger partial charge in [0.05, 0.1) is 28.9 Å². The monoisotopic (exact) mass is 339 g/mol. The van der Waals surface area contributed by atoms with Gasteiger partial charge in [-0.2, -0.15) is 0 Å². The molecule has 1 aliphatic heterocycles. The van der Waals surface area contributed by atoms with E-state index in [-0.39, 0.29) is 17.1 Å². The predicted octanol–water partition coefficient (Wildman–Crippen LogP) is 3.19. The van der Waals surface area contributed by atoms with Crippen LogP contribution in [0.15, 0.2) is 30.3 Å². The van der Waals surface area contributed by atoms with Crippen LogP contribution in [0.2, 0.25) is 0 Å². The van der Waals surface area contributed by atoms with Gasteiger partial charge in [-0.05, 0) is 52.0 Å². The van der Waals surface area contributed by atoms with Gasteiger partial charge in [-0.15, -0.1) is 0 Å².